The molecule has 94 valence electrons. The van der Waals surface area contributed by atoms with Gasteiger partial charge in [0.1, 0.15) is 0 Å². The molecule has 0 unspecified atom stereocenters. The van der Waals surface area contributed by atoms with E-state index in [1.54, 1.807) is 0 Å². The first-order valence-corrected chi connectivity index (χ1v) is 5.44. The van der Waals surface area contributed by atoms with Crippen molar-refractivity contribution in [2.24, 2.45) is 11.8 Å². The number of carboxylic acid groups (broad SMARTS) is 2. The minimum atomic E-state index is -1.12. The largest absolute Gasteiger partial charge is 0.478 e. The van der Waals surface area contributed by atoms with Crippen molar-refractivity contribution in [1.82, 2.24) is 0 Å². The Balaban J connectivity index is 0. The first kappa shape index (κ1) is 18.7. The minimum Gasteiger partial charge on any atom is -0.478 e. The monoisotopic (exact) mass is 292 g/mol. The molecule has 0 aliphatic carbocycles. The van der Waals surface area contributed by atoms with Crippen LogP contribution in [0.2, 0.25) is 0 Å². The zero-order valence-electron chi connectivity index (χ0n) is 11.0. The zero-order chi connectivity index (χ0) is 12.9. The van der Waals surface area contributed by atoms with Crippen molar-refractivity contribution in [2.45, 2.75) is 40.5 Å². The maximum Gasteiger partial charge on any atom is 0.332 e. The van der Waals surface area contributed by atoms with Gasteiger partial charge >= 0.3 is 11.9 Å². The van der Waals surface area contributed by atoms with Gasteiger partial charge in [-0.2, -0.15) is 0 Å². The fraction of sp³-hybridized carbons (Fsp3) is 0.667. The Morgan fingerprint density at radius 2 is 1.06 bits per heavy atom. The Labute approximate surface area is 115 Å². The first-order valence-electron chi connectivity index (χ1n) is 5.44. The standard InChI is InChI=1S/C12H20O4.Zn/c1-7(2)5-9(11(13)14)10(12(15)16)6-8(3)4;/h7-8H,5-6H2,1-4H3,(H,13,14)(H,15,16);/b10-9-;. The van der Waals surface area contributed by atoms with Crippen LogP contribution in [0.4, 0.5) is 0 Å². The van der Waals surface area contributed by atoms with Crippen LogP contribution in [0.25, 0.3) is 0 Å². The van der Waals surface area contributed by atoms with E-state index in [1.807, 2.05) is 27.7 Å². The van der Waals surface area contributed by atoms with Gasteiger partial charge in [0.2, 0.25) is 0 Å². The van der Waals surface area contributed by atoms with Crippen molar-refractivity contribution in [2.75, 3.05) is 0 Å². The Morgan fingerprint density at radius 3 is 1.18 bits per heavy atom. The first-order chi connectivity index (χ1) is 7.25. The number of carbonyl (C=O) groups is 2. The van der Waals surface area contributed by atoms with Crippen molar-refractivity contribution < 1.29 is 39.3 Å². The third-order valence-corrected chi connectivity index (χ3v) is 2.11. The molecule has 0 bridgehead atoms. The van der Waals surface area contributed by atoms with E-state index in [1.165, 1.54) is 0 Å². The molecule has 0 fully saturated rings. The summed E-state index contributed by atoms with van der Waals surface area (Å²) in [5, 5.41) is 18.1. The minimum absolute atomic E-state index is 0. The molecule has 17 heavy (non-hydrogen) atoms. The molecule has 0 atom stereocenters. The second-order valence-corrected chi connectivity index (χ2v) is 4.76. The molecule has 0 aliphatic heterocycles. The molecule has 5 heteroatoms. The van der Waals surface area contributed by atoms with E-state index in [9.17, 15) is 9.59 Å². The number of aliphatic carboxylic acids is 2. The van der Waals surface area contributed by atoms with Crippen molar-refractivity contribution in [1.29, 1.82) is 0 Å². The van der Waals surface area contributed by atoms with Crippen LogP contribution in [0.15, 0.2) is 11.1 Å². The Morgan fingerprint density at radius 1 is 0.824 bits per heavy atom. The van der Waals surface area contributed by atoms with E-state index in [0.717, 1.165) is 0 Å². The number of hydrogen-bond donors (Lipinski definition) is 2. The number of hydrogen-bond acceptors (Lipinski definition) is 2. The molecular weight excluding hydrogens is 274 g/mol. The van der Waals surface area contributed by atoms with Gasteiger partial charge in [-0.25, -0.2) is 9.59 Å². The SMILES string of the molecule is CC(C)C/C(C(=O)O)=C(\CC(C)C)C(=O)O.[Zn]. The van der Waals surface area contributed by atoms with Gasteiger partial charge in [-0.05, 0) is 24.7 Å². The van der Waals surface area contributed by atoms with Crippen LogP contribution in [0.5, 0.6) is 0 Å². The summed E-state index contributed by atoms with van der Waals surface area (Å²) in [6, 6.07) is 0. The predicted molar refractivity (Wildman–Crippen MR) is 61.2 cm³/mol. The smallest absolute Gasteiger partial charge is 0.332 e. The number of carboxylic acids is 2. The molecule has 0 spiro atoms. The van der Waals surface area contributed by atoms with E-state index in [0.29, 0.717) is 12.8 Å². The van der Waals surface area contributed by atoms with Crippen molar-refractivity contribution in [3.63, 3.8) is 0 Å². The predicted octanol–water partition coefficient (Wildman–Crippen LogP) is 2.54. The second-order valence-electron chi connectivity index (χ2n) is 4.76. The average Bonchev–Trinajstić information content (AvgIpc) is 2.09. The van der Waals surface area contributed by atoms with Gasteiger partial charge in [-0.1, -0.05) is 27.7 Å². The fourth-order valence-electron chi connectivity index (χ4n) is 1.50. The number of rotatable bonds is 6. The normalized spacial score (nSPS) is 12.1. The van der Waals surface area contributed by atoms with Gasteiger partial charge in [0, 0.05) is 30.6 Å². The summed E-state index contributed by atoms with van der Waals surface area (Å²) in [5.41, 5.74) is 0.0763. The summed E-state index contributed by atoms with van der Waals surface area (Å²) >= 11 is 0. The molecule has 0 rings (SSSR count). The Kier molecular flexibility index (Phi) is 9.22. The van der Waals surface area contributed by atoms with Gasteiger partial charge < -0.3 is 10.2 Å². The summed E-state index contributed by atoms with van der Waals surface area (Å²) in [5.74, 6) is -1.97. The van der Waals surface area contributed by atoms with Crippen LogP contribution in [-0.2, 0) is 29.1 Å². The van der Waals surface area contributed by atoms with Gasteiger partial charge in [0.15, 0.2) is 0 Å². The molecule has 0 amide bonds. The van der Waals surface area contributed by atoms with Crippen LogP contribution in [-0.4, -0.2) is 22.2 Å². The van der Waals surface area contributed by atoms with E-state index in [2.05, 4.69) is 0 Å². The molecule has 0 aliphatic rings. The summed E-state index contributed by atoms with van der Waals surface area (Å²) in [4.78, 5) is 22.1. The van der Waals surface area contributed by atoms with Crippen molar-refractivity contribution >= 4 is 11.9 Å². The van der Waals surface area contributed by atoms with Crippen LogP contribution >= 0.6 is 0 Å². The Bertz CT molecular complexity index is 276. The van der Waals surface area contributed by atoms with Crippen LogP contribution < -0.4 is 0 Å². The second kappa shape index (κ2) is 8.40. The Hall–Kier alpha value is -0.697. The fourth-order valence-corrected chi connectivity index (χ4v) is 1.50. The third kappa shape index (κ3) is 7.27. The molecular formula is C12H20O4Zn. The molecule has 0 heterocycles. The van der Waals surface area contributed by atoms with Gasteiger partial charge in [-0.15, -0.1) is 0 Å². The maximum absolute atomic E-state index is 11.0. The molecule has 2 N–H and O–H groups in total. The summed E-state index contributed by atoms with van der Waals surface area (Å²) in [7, 11) is 0. The van der Waals surface area contributed by atoms with E-state index < -0.39 is 11.9 Å². The molecule has 0 radical (unpaired) electrons. The molecule has 0 saturated heterocycles. The van der Waals surface area contributed by atoms with Crippen molar-refractivity contribution in [3.8, 4) is 0 Å². The van der Waals surface area contributed by atoms with Crippen LogP contribution in [0.1, 0.15) is 40.5 Å². The van der Waals surface area contributed by atoms with E-state index in [4.69, 9.17) is 10.2 Å². The van der Waals surface area contributed by atoms with Crippen LogP contribution in [0.3, 0.4) is 0 Å². The molecule has 0 aromatic heterocycles. The summed E-state index contributed by atoms with van der Waals surface area (Å²) < 4.78 is 0. The van der Waals surface area contributed by atoms with Crippen molar-refractivity contribution in [3.05, 3.63) is 11.1 Å². The van der Waals surface area contributed by atoms with E-state index in [-0.39, 0.29) is 42.5 Å². The summed E-state index contributed by atoms with van der Waals surface area (Å²) in [6.07, 6.45) is 0.591. The quantitative estimate of drug-likeness (QED) is 0.583. The summed E-state index contributed by atoms with van der Waals surface area (Å²) in [6.45, 7) is 7.49. The van der Waals surface area contributed by atoms with Gasteiger partial charge in [0.05, 0.1) is 0 Å². The maximum atomic E-state index is 11.0. The van der Waals surface area contributed by atoms with Gasteiger partial charge in [0.25, 0.3) is 0 Å². The van der Waals surface area contributed by atoms with Crippen LogP contribution in [0, 0.1) is 11.8 Å². The molecule has 4 nitrogen and oxygen atoms in total. The molecule has 0 aromatic carbocycles. The average molecular weight is 294 g/mol. The molecule has 0 aromatic rings. The van der Waals surface area contributed by atoms with Gasteiger partial charge in [-0.3, -0.25) is 0 Å². The zero-order valence-corrected chi connectivity index (χ0v) is 14.0. The molecule has 0 saturated carbocycles. The van der Waals surface area contributed by atoms with E-state index >= 15 is 0 Å². The topological polar surface area (TPSA) is 74.6 Å². The third-order valence-electron chi connectivity index (χ3n) is 2.11.